The summed E-state index contributed by atoms with van der Waals surface area (Å²) < 4.78 is 35.2. The van der Waals surface area contributed by atoms with Crippen LogP contribution in [0.3, 0.4) is 0 Å². The maximum atomic E-state index is 10.9. The van der Waals surface area contributed by atoms with Gasteiger partial charge in [-0.05, 0) is 39.6 Å². The Bertz CT molecular complexity index is 873. The maximum absolute atomic E-state index is 10.9. The lowest BCUT2D eigenvalue weighted by Gasteiger charge is -2.14. The highest BCUT2D eigenvalue weighted by molar-refractivity contribution is 7.80. The molecule has 0 unspecified atom stereocenters. The van der Waals surface area contributed by atoms with Crippen molar-refractivity contribution in [3.05, 3.63) is 59.7 Å². The highest BCUT2D eigenvalue weighted by Crippen LogP contribution is 2.32. The van der Waals surface area contributed by atoms with Gasteiger partial charge in [-0.2, -0.15) is 8.42 Å². The summed E-state index contributed by atoms with van der Waals surface area (Å²) in [6.07, 6.45) is 0. The average Bonchev–Trinajstić information content (AvgIpc) is 2.46. The molecule has 3 aromatic rings. The highest BCUT2D eigenvalue weighted by Gasteiger charge is 2.13. The Balaban J connectivity index is 2.34. The molecule has 0 aliphatic carbocycles. The van der Waals surface area contributed by atoms with Gasteiger partial charge in [0.1, 0.15) is 0 Å². The van der Waals surface area contributed by atoms with Gasteiger partial charge in [-0.1, -0.05) is 48.5 Å². The number of hydrogen-bond donors (Lipinski definition) is 1. The molecule has 0 aliphatic heterocycles. The molecule has 0 atom stereocenters. The summed E-state index contributed by atoms with van der Waals surface area (Å²) in [5, 5.41) is 3.95. The quantitative estimate of drug-likeness (QED) is 0.593. The third-order valence-electron chi connectivity index (χ3n) is 3.66. The normalized spacial score (nSPS) is 12.1. The summed E-state index contributed by atoms with van der Waals surface area (Å²) in [7, 11) is -4.47. The third kappa shape index (κ3) is 2.63. The van der Waals surface area contributed by atoms with Crippen LogP contribution in [0.2, 0.25) is 0 Å². The zero-order chi connectivity index (χ0) is 15.0. The predicted octanol–water partition coefficient (Wildman–Crippen LogP) is 3.62. The van der Waals surface area contributed by atoms with Crippen LogP contribution in [0.5, 0.6) is 0 Å². The van der Waals surface area contributed by atoms with E-state index in [1.807, 2.05) is 55.5 Å². The molecule has 0 saturated carbocycles. The van der Waals surface area contributed by atoms with Crippen molar-refractivity contribution >= 4 is 31.9 Å². The molecule has 0 heterocycles. The van der Waals surface area contributed by atoms with Crippen LogP contribution in [0.15, 0.2) is 48.5 Å². The minimum Gasteiger partial charge on any atom is -0.264 e. The fraction of sp³-hybridized carbons (Fsp3) is 0.125. The zero-order valence-corrected chi connectivity index (χ0v) is 12.2. The van der Waals surface area contributed by atoms with Crippen LogP contribution in [0.1, 0.15) is 11.1 Å². The van der Waals surface area contributed by atoms with E-state index in [-0.39, 0.29) is 6.61 Å². The molecule has 0 spiro atoms. The van der Waals surface area contributed by atoms with Crippen LogP contribution in [0.4, 0.5) is 0 Å². The lowest BCUT2D eigenvalue weighted by atomic mass is 9.93. The van der Waals surface area contributed by atoms with Gasteiger partial charge in [-0.3, -0.25) is 4.55 Å². The van der Waals surface area contributed by atoms with Gasteiger partial charge >= 0.3 is 10.4 Å². The molecule has 0 aromatic heterocycles. The van der Waals surface area contributed by atoms with E-state index in [1.54, 1.807) is 0 Å². The van der Waals surface area contributed by atoms with Gasteiger partial charge < -0.3 is 0 Å². The van der Waals surface area contributed by atoms with Crippen molar-refractivity contribution in [3.8, 4) is 0 Å². The first kappa shape index (κ1) is 14.0. The van der Waals surface area contributed by atoms with Gasteiger partial charge in [0, 0.05) is 0 Å². The Labute approximate surface area is 122 Å². The first-order valence-corrected chi connectivity index (χ1v) is 7.84. The standard InChI is InChI=1S/C16H14O4S/c1-11-12-6-2-4-8-14(12)16(10-20-21(17,18)19)15-9-5-3-7-13(11)15/h2-9H,10H2,1H3,(H,17,18,19). The largest absolute Gasteiger partial charge is 0.397 e. The predicted molar refractivity (Wildman–Crippen MR) is 82.5 cm³/mol. The topological polar surface area (TPSA) is 63.6 Å². The Kier molecular flexibility index (Phi) is 3.41. The second kappa shape index (κ2) is 5.11. The van der Waals surface area contributed by atoms with Gasteiger partial charge in [0.05, 0.1) is 6.61 Å². The molecule has 0 aliphatic rings. The molecule has 3 aromatic carbocycles. The fourth-order valence-electron chi connectivity index (χ4n) is 2.73. The molecule has 21 heavy (non-hydrogen) atoms. The third-order valence-corrected chi connectivity index (χ3v) is 4.08. The number of hydrogen-bond acceptors (Lipinski definition) is 3. The summed E-state index contributed by atoms with van der Waals surface area (Å²) in [6.45, 7) is 1.85. The average molecular weight is 302 g/mol. The Morgan fingerprint density at radius 1 is 0.905 bits per heavy atom. The van der Waals surface area contributed by atoms with E-state index in [1.165, 1.54) is 0 Å². The minimum atomic E-state index is -4.47. The fourth-order valence-corrected chi connectivity index (χ4v) is 2.99. The second-order valence-corrected chi connectivity index (χ2v) is 5.98. The molecular weight excluding hydrogens is 288 g/mol. The Morgan fingerprint density at radius 3 is 1.76 bits per heavy atom. The number of fused-ring (bicyclic) bond motifs is 2. The van der Waals surface area contributed by atoms with Gasteiger partial charge in [-0.15, -0.1) is 0 Å². The van der Waals surface area contributed by atoms with Crippen LogP contribution < -0.4 is 0 Å². The van der Waals surface area contributed by atoms with Gasteiger partial charge in [-0.25, -0.2) is 4.18 Å². The molecule has 108 valence electrons. The van der Waals surface area contributed by atoms with E-state index in [0.29, 0.717) is 0 Å². The molecule has 0 bridgehead atoms. The van der Waals surface area contributed by atoms with Crippen molar-refractivity contribution in [2.45, 2.75) is 13.5 Å². The molecule has 0 saturated heterocycles. The van der Waals surface area contributed by atoms with E-state index in [0.717, 1.165) is 32.7 Å². The molecule has 5 heteroatoms. The Morgan fingerprint density at radius 2 is 1.33 bits per heavy atom. The van der Waals surface area contributed by atoms with Crippen molar-refractivity contribution in [2.24, 2.45) is 0 Å². The SMILES string of the molecule is Cc1c2ccccc2c(COS(=O)(=O)O)c2ccccc12. The summed E-state index contributed by atoms with van der Waals surface area (Å²) >= 11 is 0. The summed E-state index contributed by atoms with van der Waals surface area (Å²) in [6, 6.07) is 15.5. The van der Waals surface area contributed by atoms with Crippen LogP contribution in [-0.2, 0) is 21.2 Å². The molecule has 0 radical (unpaired) electrons. The molecule has 0 fully saturated rings. The first-order chi connectivity index (χ1) is 9.97. The van der Waals surface area contributed by atoms with Crippen molar-refractivity contribution in [3.63, 3.8) is 0 Å². The van der Waals surface area contributed by atoms with Crippen molar-refractivity contribution in [1.82, 2.24) is 0 Å². The van der Waals surface area contributed by atoms with E-state index < -0.39 is 10.4 Å². The van der Waals surface area contributed by atoms with Crippen LogP contribution in [0.25, 0.3) is 21.5 Å². The van der Waals surface area contributed by atoms with E-state index in [2.05, 4.69) is 4.18 Å². The lowest BCUT2D eigenvalue weighted by molar-refractivity contribution is 0.261. The van der Waals surface area contributed by atoms with E-state index in [9.17, 15) is 8.42 Å². The first-order valence-electron chi connectivity index (χ1n) is 6.48. The molecule has 1 N–H and O–H groups in total. The smallest absolute Gasteiger partial charge is 0.264 e. The van der Waals surface area contributed by atoms with Crippen LogP contribution in [-0.4, -0.2) is 13.0 Å². The van der Waals surface area contributed by atoms with Gasteiger partial charge in [0.15, 0.2) is 0 Å². The minimum absolute atomic E-state index is 0.194. The number of aryl methyl sites for hydroxylation is 1. The summed E-state index contributed by atoms with van der Waals surface area (Å²) in [4.78, 5) is 0. The van der Waals surface area contributed by atoms with E-state index >= 15 is 0 Å². The van der Waals surface area contributed by atoms with Crippen LogP contribution in [0, 0.1) is 6.92 Å². The van der Waals surface area contributed by atoms with Crippen LogP contribution >= 0.6 is 0 Å². The summed E-state index contributed by atoms with van der Waals surface area (Å²) in [5.74, 6) is 0. The van der Waals surface area contributed by atoms with E-state index in [4.69, 9.17) is 4.55 Å². The summed E-state index contributed by atoms with van der Waals surface area (Å²) in [5.41, 5.74) is 1.89. The van der Waals surface area contributed by atoms with Gasteiger partial charge in [0.25, 0.3) is 0 Å². The lowest BCUT2D eigenvalue weighted by Crippen LogP contribution is -2.04. The van der Waals surface area contributed by atoms with Crippen molar-refractivity contribution in [2.75, 3.05) is 0 Å². The molecular formula is C16H14O4S. The monoisotopic (exact) mass is 302 g/mol. The van der Waals surface area contributed by atoms with Crippen molar-refractivity contribution < 1.29 is 17.2 Å². The molecule has 4 nitrogen and oxygen atoms in total. The molecule has 3 rings (SSSR count). The van der Waals surface area contributed by atoms with Crippen molar-refractivity contribution in [1.29, 1.82) is 0 Å². The van der Waals surface area contributed by atoms with Gasteiger partial charge in [0.2, 0.25) is 0 Å². The second-order valence-electron chi connectivity index (χ2n) is 4.88. The maximum Gasteiger partial charge on any atom is 0.397 e. The number of benzene rings is 3. The highest BCUT2D eigenvalue weighted by atomic mass is 32.3. The molecule has 0 amide bonds. The Hall–Kier alpha value is -1.95. The number of rotatable bonds is 3. The zero-order valence-electron chi connectivity index (χ0n) is 11.4.